The molecule has 0 radical (unpaired) electrons. The second-order valence-electron chi connectivity index (χ2n) is 16.4. The Hall–Kier alpha value is -4.92. The molecular formula is C47H60N4O9. The molecule has 3 amide bonds. The van der Waals surface area contributed by atoms with Gasteiger partial charge in [0.15, 0.2) is 18.4 Å². The summed E-state index contributed by atoms with van der Waals surface area (Å²) in [5, 5.41) is 2.78. The fraction of sp³-hybridized carbons (Fsp3) is 0.489. The highest BCUT2D eigenvalue weighted by molar-refractivity contribution is 6.00. The summed E-state index contributed by atoms with van der Waals surface area (Å²) in [4.78, 5) is 63.9. The lowest BCUT2D eigenvalue weighted by molar-refractivity contribution is -0.205. The summed E-state index contributed by atoms with van der Waals surface area (Å²) in [6.07, 6.45) is 6.32. The van der Waals surface area contributed by atoms with E-state index in [0.717, 1.165) is 53.5 Å². The minimum absolute atomic E-state index is 0.0117. The topological polar surface area (TPSA) is 177 Å². The number of benzene rings is 3. The van der Waals surface area contributed by atoms with Crippen LogP contribution in [0.1, 0.15) is 94.7 Å². The molecule has 0 aromatic heterocycles. The Labute approximate surface area is 353 Å². The average Bonchev–Trinajstić information content (AvgIpc) is 3.60. The Morgan fingerprint density at radius 1 is 0.817 bits per heavy atom. The molecule has 2 aliphatic heterocycles. The Morgan fingerprint density at radius 2 is 1.43 bits per heavy atom. The van der Waals surface area contributed by atoms with Gasteiger partial charge in [0.05, 0.1) is 29.9 Å². The number of ether oxygens (including phenoxy) is 4. The number of Topliss-reactive ketones (excluding diaryl/α,β-unsaturated/α-hetero) is 1. The van der Waals surface area contributed by atoms with Gasteiger partial charge in [0.25, 0.3) is 0 Å². The van der Waals surface area contributed by atoms with Gasteiger partial charge in [-0.05, 0) is 85.6 Å². The van der Waals surface area contributed by atoms with E-state index in [2.05, 4.69) is 28.4 Å². The zero-order valence-electron chi connectivity index (χ0n) is 34.9. The molecule has 1 aliphatic carbocycles. The summed E-state index contributed by atoms with van der Waals surface area (Å²) in [5.41, 5.74) is 8.08. The van der Waals surface area contributed by atoms with Crippen LogP contribution < -0.4 is 22.1 Å². The predicted molar refractivity (Wildman–Crippen MR) is 226 cm³/mol. The van der Waals surface area contributed by atoms with Gasteiger partial charge in [-0.15, -0.1) is 0 Å². The zero-order valence-corrected chi connectivity index (χ0v) is 34.9. The minimum Gasteiger partial charge on any atom is -0.449 e. The van der Waals surface area contributed by atoms with E-state index in [1.165, 1.54) is 0 Å². The van der Waals surface area contributed by atoms with Crippen LogP contribution in [0.2, 0.25) is 0 Å². The first kappa shape index (κ1) is 44.6. The van der Waals surface area contributed by atoms with E-state index < -0.39 is 59.6 Å². The van der Waals surface area contributed by atoms with E-state index in [-0.39, 0.29) is 37.9 Å². The Bertz CT molecular complexity index is 1880. The fourth-order valence-corrected chi connectivity index (χ4v) is 8.77. The SMILES string of the molecule is CC(C)C[C@@H](C(=O)NN)[C@H](C(=O)NOC1CCCCO1)C(C=Cc1ccccc1)(CCOC1CCCCO1)C(=O)[C@@H](C)NC(=O)OCC1c2ccccc2-c2ccccc21. The van der Waals surface area contributed by atoms with E-state index in [1.807, 2.05) is 80.6 Å². The third-order valence-corrected chi connectivity index (χ3v) is 11.7. The molecule has 3 unspecified atom stereocenters. The van der Waals surface area contributed by atoms with Crippen molar-refractivity contribution in [1.82, 2.24) is 16.2 Å². The third kappa shape index (κ3) is 11.1. The highest BCUT2D eigenvalue weighted by Crippen LogP contribution is 2.46. The van der Waals surface area contributed by atoms with Crippen LogP contribution in [0.3, 0.4) is 0 Å². The number of carbonyl (C=O) groups excluding carboxylic acids is 4. The van der Waals surface area contributed by atoms with Crippen molar-refractivity contribution in [3.63, 3.8) is 0 Å². The molecule has 2 fully saturated rings. The molecule has 13 nitrogen and oxygen atoms in total. The summed E-state index contributed by atoms with van der Waals surface area (Å²) in [5.74, 6) is 1.13. The lowest BCUT2D eigenvalue weighted by Crippen LogP contribution is -2.58. The number of allylic oxidation sites excluding steroid dienone is 1. The van der Waals surface area contributed by atoms with Gasteiger partial charge in [0, 0.05) is 25.6 Å². The summed E-state index contributed by atoms with van der Waals surface area (Å²) in [6, 6.07) is 24.2. The second kappa shape index (κ2) is 21.6. The van der Waals surface area contributed by atoms with Gasteiger partial charge in [-0.25, -0.2) is 21.0 Å². The maximum absolute atomic E-state index is 15.5. The van der Waals surface area contributed by atoms with E-state index >= 15 is 4.79 Å². The molecule has 13 heteroatoms. The number of amides is 3. The van der Waals surface area contributed by atoms with Crippen LogP contribution in [0, 0.1) is 23.2 Å². The summed E-state index contributed by atoms with van der Waals surface area (Å²) in [7, 11) is 0. The molecule has 6 rings (SSSR count). The molecule has 3 aliphatic rings. The molecule has 0 bridgehead atoms. The number of hydroxylamine groups is 1. The summed E-state index contributed by atoms with van der Waals surface area (Å²) < 4.78 is 23.7. The van der Waals surface area contributed by atoms with Crippen molar-refractivity contribution in [2.45, 2.75) is 96.7 Å². The summed E-state index contributed by atoms with van der Waals surface area (Å²) in [6.45, 7) is 6.44. The number of fused-ring (bicyclic) bond motifs is 3. The lowest BCUT2D eigenvalue weighted by atomic mass is 9.61. The highest BCUT2D eigenvalue weighted by atomic mass is 16.8. The van der Waals surface area contributed by atoms with Crippen molar-refractivity contribution in [3.05, 3.63) is 102 Å². The molecule has 3 aromatic rings. The number of ketones is 1. The number of rotatable bonds is 19. The second-order valence-corrected chi connectivity index (χ2v) is 16.4. The van der Waals surface area contributed by atoms with Gasteiger partial charge in [-0.2, -0.15) is 0 Å². The number of alkyl carbamates (subject to hydrolysis) is 1. The van der Waals surface area contributed by atoms with Gasteiger partial charge in [0.1, 0.15) is 6.61 Å². The molecule has 2 saturated heterocycles. The summed E-state index contributed by atoms with van der Waals surface area (Å²) >= 11 is 0. The maximum Gasteiger partial charge on any atom is 0.407 e. The van der Waals surface area contributed by atoms with Crippen LogP contribution in [0.4, 0.5) is 4.79 Å². The van der Waals surface area contributed by atoms with Gasteiger partial charge < -0.3 is 24.3 Å². The number of nitrogens with two attached hydrogens (primary N) is 1. The monoisotopic (exact) mass is 824 g/mol. The number of hydrogen-bond donors (Lipinski definition) is 4. The molecular weight excluding hydrogens is 765 g/mol. The third-order valence-electron chi connectivity index (χ3n) is 11.7. The van der Waals surface area contributed by atoms with E-state index in [9.17, 15) is 14.4 Å². The van der Waals surface area contributed by atoms with E-state index in [1.54, 1.807) is 19.1 Å². The first-order valence-corrected chi connectivity index (χ1v) is 21.3. The smallest absolute Gasteiger partial charge is 0.407 e. The molecule has 3 aromatic carbocycles. The predicted octanol–water partition coefficient (Wildman–Crippen LogP) is 6.96. The van der Waals surface area contributed by atoms with Crippen molar-refractivity contribution < 1.29 is 43.0 Å². The van der Waals surface area contributed by atoms with Gasteiger partial charge in [-0.3, -0.25) is 19.8 Å². The van der Waals surface area contributed by atoms with Crippen LogP contribution in [0.5, 0.6) is 0 Å². The number of carbonyl (C=O) groups is 4. The van der Waals surface area contributed by atoms with Crippen LogP contribution in [-0.4, -0.2) is 68.7 Å². The number of nitrogens with one attached hydrogen (secondary N) is 3. The standard InChI is InChI=1S/C47H60N4O9/c1-31(2)29-38(44(53)50-48)42(45(54)51-60-41-22-12-14-27-57-41)47(24-23-33-15-5-4-6-16-33,25-28-58-40-21-11-13-26-56-40)43(52)32(3)49-46(55)59-30-39-36-19-9-7-17-34(36)35-18-8-10-20-37(35)39/h4-10,15-20,23-24,31-32,38-42H,11-14,21-22,25-30,48H2,1-3H3,(H,49,55)(H,50,53)(H,51,54)/t32-,38-,40?,41?,42-,47?/m1/s1. The average molecular weight is 825 g/mol. The quantitative estimate of drug-likeness (QED) is 0.0562. The first-order valence-electron chi connectivity index (χ1n) is 21.3. The van der Waals surface area contributed by atoms with E-state index in [0.29, 0.717) is 26.1 Å². The molecule has 6 atom stereocenters. The van der Waals surface area contributed by atoms with Gasteiger partial charge in [0.2, 0.25) is 11.8 Å². The molecule has 60 heavy (non-hydrogen) atoms. The normalized spacial score (nSPS) is 20.3. The first-order chi connectivity index (χ1) is 29.1. The van der Waals surface area contributed by atoms with Crippen LogP contribution in [-0.2, 0) is 38.2 Å². The van der Waals surface area contributed by atoms with Gasteiger partial charge in [-0.1, -0.05) is 105 Å². The van der Waals surface area contributed by atoms with Crippen molar-refractivity contribution in [3.8, 4) is 11.1 Å². The Morgan fingerprint density at radius 3 is 2.03 bits per heavy atom. The fourth-order valence-electron chi connectivity index (χ4n) is 8.77. The molecule has 0 spiro atoms. The van der Waals surface area contributed by atoms with Crippen LogP contribution >= 0.6 is 0 Å². The van der Waals surface area contributed by atoms with Gasteiger partial charge >= 0.3 is 6.09 Å². The van der Waals surface area contributed by atoms with Crippen molar-refractivity contribution in [2.24, 2.45) is 29.0 Å². The largest absolute Gasteiger partial charge is 0.449 e. The van der Waals surface area contributed by atoms with Crippen molar-refractivity contribution >= 4 is 29.8 Å². The van der Waals surface area contributed by atoms with Crippen LogP contribution in [0.25, 0.3) is 17.2 Å². The number of hydrogen-bond acceptors (Lipinski definition) is 10. The highest BCUT2D eigenvalue weighted by Gasteiger charge is 2.54. The van der Waals surface area contributed by atoms with E-state index in [4.69, 9.17) is 29.6 Å². The Kier molecular flexibility index (Phi) is 16.0. The van der Waals surface area contributed by atoms with Crippen molar-refractivity contribution in [1.29, 1.82) is 0 Å². The molecule has 2 heterocycles. The van der Waals surface area contributed by atoms with Crippen LogP contribution in [0.15, 0.2) is 84.9 Å². The Balaban J connectivity index is 1.36. The lowest BCUT2D eigenvalue weighted by Gasteiger charge is -2.42. The molecule has 322 valence electrons. The molecule has 0 saturated carbocycles. The number of hydrazine groups is 1. The maximum atomic E-state index is 15.5. The zero-order chi connectivity index (χ0) is 42.5. The molecule has 5 N–H and O–H groups in total. The minimum atomic E-state index is -1.78. The van der Waals surface area contributed by atoms with Crippen molar-refractivity contribution in [2.75, 3.05) is 26.4 Å².